The van der Waals surface area contributed by atoms with Crippen LogP contribution in [-0.4, -0.2) is 0 Å². The Balaban J connectivity index is 1.91. The predicted molar refractivity (Wildman–Crippen MR) is 161 cm³/mol. The third-order valence-electron chi connectivity index (χ3n) is 6.38. The third-order valence-corrected chi connectivity index (χ3v) is 8.82. The summed E-state index contributed by atoms with van der Waals surface area (Å²) < 4.78 is 1.76. The van der Waals surface area contributed by atoms with Crippen LogP contribution >= 0.6 is 43.6 Å². The van der Waals surface area contributed by atoms with Crippen LogP contribution in [0.3, 0.4) is 0 Å². The zero-order valence-electron chi connectivity index (χ0n) is 21.1. The number of nitrogens with zero attached hydrogens (tertiary/aromatic N) is 2. The van der Waals surface area contributed by atoms with Crippen LogP contribution in [0.25, 0.3) is 22.3 Å². The van der Waals surface area contributed by atoms with Gasteiger partial charge in [-0.15, -0.1) is 0 Å². The lowest BCUT2D eigenvalue weighted by molar-refractivity contribution is 0.868. The van der Waals surface area contributed by atoms with Crippen LogP contribution < -0.4 is 0 Å². The summed E-state index contributed by atoms with van der Waals surface area (Å²) in [5.74, 6) is 0.623. The minimum Gasteiger partial charge on any atom is -0.192 e. The van der Waals surface area contributed by atoms with Gasteiger partial charge < -0.3 is 0 Å². The van der Waals surface area contributed by atoms with Crippen LogP contribution in [0.5, 0.6) is 0 Å². The van der Waals surface area contributed by atoms with Gasteiger partial charge >= 0.3 is 0 Å². The molecule has 0 aliphatic rings. The van der Waals surface area contributed by atoms with Crippen LogP contribution in [0.1, 0.15) is 61.8 Å². The van der Waals surface area contributed by atoms with Gasteiger partial charge in [-0.25, -0.2) is 0 Å². The number of hydrogen-bond donors (Lipinski definition) is 0. The van der Waals surface area contributed by atoms with Crippen molar-refractivity contribution in [2.24, 2.45) is 0 Å². The van der Waals surface area contributed by atoms with Gasteiger partial charge in [-0.05, 0) is 58.4 Å². The molecule has 0 aliphatic heterocycles. The summed E-state index contributed by atoms with van der Waals surface area (Å²) in [5, 5.41) is 20.7. The zero-order chi connectivity index (χ0) is 26.7. The van der Waals surface area contributed by atoms with E-state index in [2.05, 4.69) is 96.0 Å². The Bertz CT molecular complexity index is 1440. The van der Waals surface area contributed by atoms with Crippen LogP contribution in [0, 0.1) is 22.7 Å². The van der Waals surface area contributed by atoms with E-state index in [1.54, 1.807) is 0 Å². The van der Waals surface area contributed by atoms with E-state index in [0.29, 0.717) is 23.0 Å². The molecule has 0 atom stereocenters. The Morgan fingerprint density at radius 1 is 0.595 bits per heavy atom. The fourth-order valence-electron chi connectivity index (χ4n) is 4.61. The first-order valence-corrected chi connectivity index (χ1v) is 14.5. The first-order valence-electron chi connectivity index (χ1n) is 12.1. The van der Waals surface area contributed by atoms with Crippen molar-refractivity contribution in [1.29, 1.82) is 10.5 Å². The lowest BCUT2D eigenvalue weighted by Gasteiger charge is -2.19. The van der Waals surface area contributed by atoms with E-state index in [1.807, 2.05) is 48.5 Å². The Kier molecular flexibility index (Phi) is 8.60. The molecule has 2 nitrogen and oxygen atoms in total. The van der Waals surface area contributed by atoms with Gasteiger partial charge in [0.2, 0.25) is 0 Å². The molecule has 0 fully saturated rings. The maximum Gasteiger partial charge on any atom is 0.101 e. The number of halogens is 2. The summed E-state index contributed by atoms with van der Waals surface area (Å²) in [6.07, 6.45) is 0. The minimum atomic E-state index is 0.311. The number of nitriles is 2. The molecule has 37 heavy (non-hydrogen) atoms. The number of hydrogen-bond acceptors (Lipinski definition) is 3. The second kappa shape index (κ2) is 11.7. The second-order valence-corrected chi connectivity index (χ2v) is 12.2. The van der Waals surface area contributed by atoms with Gasteiger partial charge in [0.15, 0.2) is 0 Å². The maximum atomic E-state index is 10.3. The summed E-state index contributed by atoms with van der Waals surface area (Å²) in [6.45, 7) is 8.65. The van der Waals surface area contributed by atoms with Crippen molar-refractivity contribution in [2.45, 2.75) is 49.3 Å². The first-order chi connectivity index (χ1) is 17.8. The van der Waals surface area contributed by atoms with E-state index in [9.17, 15) is 10.5 Å². The van der Waals surface area contributed by atoms with E-state index < -0.39 is 0 Å². The van der Waals surface area contributed by atoms with Gasteiger partial charge in [-0.3, -0.25) is 0 Å². The largest absolute Gasteiger partial charge is 0.192 e. The van der Waals surface area contributed by atoms with Gasteiger partial charge in [0.25, 0.3) is 0 Å². The fraction of sp³-hybridized carbons (Fsp3) is 0.188. The van der Waals surface area contributed by atoms with Crippen molar-refractivity contribution in [3.63, 3.8) is 0 Å². The average molecular weight is 630 g/mol. The third kappa shape index (κ3) is 5.41. The van der Waals surface area contributed by atoms with Crippen molar-refractivity contribution in [1.82, 2.24) is 0 Å². The molecule has 0 spiro atoms. The molecule has 0 aliphatic carbocycles. The molecule has 4 aromatic rings. The highest BCUT2D eigenvalue weighted by Crippen LogP contribution is 2.45. The van der Waals surface area contributed by atoms with Crippen molar-refractivity contribution < 1.29 is 0 Å². The summed E-state index contributed by atoms with van der Waals surface area (Å²) in [5.41, 5.74) is 7.45. The molecule has 0 radical (unpaired) electrons. The molecule has 0 aromatic heterocycles. The number of benzene rings is 4. The van der Waals surface area contributed by atoms with Crippen LogP contribution in [0.2, 0.25) is 0 Å². The van der Waals surface area contributed by atoms with E-state index in [0.717, 1.165) is 41.0 Å². The molecular weight excluding hydrogens is 604 g/mol. The molecule has 0 heterocycles. The van der Waals surface area contributed by atoms with Crippen molar-refractivity contribution in [3.8, 4) is 34.4 Å². The molecule has 184 valence electrons. The Morgan fingerprint density at radius 2 is 0.973 bits per heavy atom. The van der Waals surface area contributed by atoms with E-state index >= 15 is 0 Å². The van der Waals surface area contributed by atoms with Gasteiger partial charge in [0.05, 0.1) is 11.1 Å². The molecule has 0 amide bonds. The van der Waals surface area contributed by atoms with E-state index in [1.165, 1.54) is 22.9 Å². The highest BCUT2D eigenvalue weighted by Gasteiger charge is 2.22. The van der Waals surface area contributed by atoms with Crippen LogP contribution in [0.4, 0.5) is 0 Å². The predicted octanol–water partition coefficient (Wildman–Crippen LogP) is 10.7. The molecule has 4 rings (SSSR count). The standard InChI is InChI=1S/C32H26Br2N2S/c1-19(2)21-9-5-7-11-23(21)31-25(17-35)29(15-13-27(31)33)37-30-16-14-28(34)32(26(30)18-36)24-12-8-6-10-22(24)20(3)4/h5-16,19-20H,1-4H3. The first kappa shape index (κ1) is 27.2. The second-order valence-electron chi connectivity index (χ2n) is 9.40. The molecule has 0 N–H and O–H groups in total. The van der Waals surface area contributed by atoms with Gasteiger partial charge in [-0.2, -0.15) is 10.5 Å². The SMILES string of the molecule is CC(C)c1ccccc1-c1c(Br)ccc(Sc2ccc(Br)c(-c3ccccc3C(C)C)c2C#N)c1C#N. The van der Waals surface area contributed by atoms with E-state index in [4.69, 9.17) is 0 Å². The average Bonchev–Trinajstić information content (AvgIpc) is 2.90. The van der Waals surface area contributed by atoms with Crippen molar-refractivity contribution in [3.05, 3.63) is 104 Å². The monoisotopic (exact) mass is 628 g/mol. The Morgan fingerprint density at radius 3 is 1.32 bits per heavy atom. The maximum absolute atomic E-state index is 10.3. The minimum absolute atomic E-state index is 0.311. The van der Waals surface area contributed by atoms with Crippen LogP contribution in [-0.2, 0) is 0 Å². The summed E-state index contributed by atoms with van der Waals surface area (Å²) in [4.78, 5) is 1.64. The molecular formula is C32H26Br2N2S. The lowest BCUT2D eigenvalue weighted by Crippen LogP contribution is -1.98. The highest BCUT2D eigenvalue weighted by atomic mass is 79.9. The molecule has 0 saturated carbocycles. The number of rotatable bonds is 6. The highest BCUT2D eigenvalue weighted by molar-refractivity contribution is 9.11. The smallest absolute Gasteiger partial charge is 0.101 e. The summed E-state index contributed by atoms with van der Waals surface area (Å²) in [7, 11) is 0. The van der Waals surface area contributed by atoms with Gasteiger partial charge in [-0.1, -0.05) is 120 Å². The quantitative estimate of drug-likeness (QED) is 0.213. The molecule has 5 heteroatoms. The summed E-state index contributed by atoms with van der Waals surface area (Å²) >= 11 is 8.89. The van der Waals surface area contributed by atoms with Crippen LogP contribution in [0.15, 0.2) is 91.5 Å². The molecule has 0 bridgehead atoms. The van der Waals surface area contributed by atoms with Gasteiger partial charge in [0.1, 0.15) is 12.1 Å². The van der Waals surface area contributed by atoms with Gasteiger partial charge in [0, 0.05) is 29.9 Å². The topological polar surface area (TPSA) is 47.6 Å². The summed E-state index contributed by atoms with van der Waals surface area (Å²) in [6, 6.07) is 29.3. The lowest BCUT2D eigenvalue weighted by atomic mass is 9.90. The molecule has 0 unspecified atom stereocenters. The van der Waals surface area contributed by atoms with Crippen molar-refractivity contribution >= 4 is 43.6 Å². The Labute approximate surface area is 240 Å². The zero-order valence-corrected chi connectivity index (χ0v) is 25.1. The van der Waals surface area contributed by atoms with E-state index in [-0.39, 0.29) is 0 Å². The molecule has 0 saturated heterocycles. The fourth-order valence-corrected chi connectivity index (χ4v) is 6.71. The molecule has 4 aromatic carbocycles. The Hall–Kier alpha value is -2.83. The normalized spacial score (nSPS) is 11.0. The van der Waals surface area contributed by atoms with Crippen molar-refractivity contribution in [2.75, 3.05) is 0 Å².